The van der Waals surface area contributed by atoms with Gasteiger partial charge in [-0.25, -0.2) is 0 Å². The zero-order chi connectivity index (χ0) is 16.1. The van der Waals surface area contributed by atoms with Crippen molar-refractivity contribution in [3.05, 3.63) is 54.1 Å². The first kappa shape index (κ1) is 15.1. The van der Waals surface area contributed by atoms with Crippen molar-refractivity contribution in [1.82, 2.24) is 0 Å². The Labute approximate surface area is 134 Å². The highest BCUT2D eigenvalue weighted by atomic mass is 16.6. The second-order valence-electron chi connectivity index (χ2n) is 5.34. The van der Waals surface area contributed by atoms with Gasteiger partial charge in [-0.15, -0.1) is 0 Å². The molecule has 0 radical (unpaired) electrons. The molecule has 5 nitrogen and oxygen atoms in total. The quantitative estimate of drug-likeness (QED) is 0.384. The molecule has 0 aromatic heterocycles. The van der Waals surface area contributed by atoms with Crippen LogP contribution in [0.3, 0.4) is 0 Å². The second-order valence-corrected chi connectivity index (χ2v) is 5.34. The standard InChI is InChI=1S/C18H18N2O3/c1-22-17-11-13(12-19-20-15-5-3-2-4-6-15)7-10-16(17)23-18(21)14-8-9-14/h2-7,10-12,14,20H,8-9H2,1H3. The molecule has 0 unspecified atom stereocenters. The summed E-state index contributed by atoms with van der Waals surface area (Å²) in [5, 5.41) is 4.18. The van der Waals surface area contributed by atoms with Crippen LogP contribution in [0.2, 0.25) is 0 Å². The van der Waals surface area contributed by atoms with Gasteiger partial charge < -0.3 is 9.47 Å². The smallest absolute Gasteiger partial charge is 0.314 e. The predicted molar refractivity (Wildman–Crippen MR) is 89.0 cm³/mol. The lowest BCUT2D eigenvalue weighted by molar-refractivity contribution is -0.135. The van der Waals surface area contributed by atoms with Crippen LogP contribution < -0.4 is 14.9 Å². The third kappa shape index (κ3) is 4.10. The van der Waals surface area contributed by atoms with Gasteiger partial charge in [0, 0.05) is 0 Å². The number of hydrazone groups is 1. The van der Waals surface area contributed by atoms with E-state index in [0.29, 0.717) is 11.5 Å². The lowest BCUT2D eigenvalue weighted by Crippen LogP contribution is -2.10. The number of nitrogens with one attached hydrogen (secondary N) is 1. The summed E-state index contributed by atoms with van der Waals surface area (Å²) in [6.07, 6.45) is 3.51. The van der Waals surface area contributed by atoms with Crippen molar-refractivity contribution in [1.29, 1.82) is 0 Å². The van der Waals surface area contributed by atoms with Gasteiger partial charge in [0.25, 0.3) is 0 Å². The van der Waals surface area contributed by atoms with Crippen LogP contribution in [-0.2, 0) is 4.79 Å². The van der Waals surface area contributed by atoms with Gasteiger partial charge in [-0.05, 0) is 48.7 Å². The molecular weight excluding hydrogens is 292 g/mol. The molecule has 118 valence electrons. The third-order valence-corrected chi connectivity index (χ3v) is 3.49. The summed E-state index contributed by atoms with van der Waals surface area (Å²) in [6, 6.07) is 15.0. The Bertz CT molecular complexity index is 709. The molecule has 1 aliphatic carbocycles. The maximum Gasteiger partial charge on any atom is 0.314 e. The average molecular weight is 310 g/mol. The lowest BCUT2D eigenvalue weighted by atomic mass is 10.2. The number of para-hydroxylation sites is 1. The summed E-state index contributed by atoms with van der Waals surface area (Å²) < 4.78 is 10.7. The highest BCUT2D eigenvalue weighted by Gasteiger charge is 2.32. The zero-order valence-electron chi connectivity index (χ0n) is 12.9. The normalized spacial score (nSPS) is 13.8. The van der Waals surface area contributed by atoms with E-state index in [2.05, 4.69) is 10.5 Å². The van der Waals surface area contributed by atoms with Gasteiger partial charge in [0.1, 0.15) is 0 Å². The number of carbonyl (C=O) groups is 1. The third-order valence-electron chi connectivity index (χ3n) is 3.49. The summed E-state index contributed by atoms with van der Waals surface area (Å²) in [7, 11) is 1.55. The highest BCUT2D eigenvalue weighted by Crippen LogP contribution is 2.34. The van der Waals surface area contributed by atoms with E-state index in [1.165, 1.54) is 0 Å². The molecule has 3 rings (SSSR count). The molecule has 0 atom stereocenters. The van der Waals surface area contributed by atoms with Gasteiger partial charge >= 0.3 is 5.97 Å². The molecule has 1 N–H and O–H groups in total. The topological polar surface area (TPSA) is 59.9 Å². The summed E-state index contributed by atoms with van der Waals surface area (Å²) in [5.74, 6) is 0.826. The number of carbonyl (C=O) groups excluding carboxylic acids is 1. The maximum absolute atomic E-state index is 11.7. The number of hydrogen-bond acceptors (Lipinski definition) is 5. The Morgan fingerprint density at radius 1 is 1.17 bits per heavy atom. The van der Waals surface area contributed by atoms with Crippen molar-refractivity contribution in [2.24, 2.45) is 11.0 Å². The molecule has 0 amide bonds. The van der Waals surface area contributed by atoms with Crippen molar-refractivity contribution in [3.63, 3.8) is 0 Å². The van der Waals surface area contributed by atoms with Gasteiger partial charge in [-0.1, -0.05) is 18.2 Å². The van der Waals surface area contributed by atoms with Crippen LogP contribution in [0.5, 0.6) is 11.5 Å². The molecule has 1 saturated carbocycles. The first-order valence-electron chi connectivity index (χ1n) is 7.50. The van der Waals surface area contributed by atoms with Crippen molar-refractivity contribution in [2.45, 2.75) is 12.8 Å². The largest absolute Gasteiger partial charge is 0.493 e. The average Bonchev–Trinajstić information content (AvgIpc) is 3.42. The monoisotopic (exact) mass is 310 g/mol. The van der Waals surface area contributed by atoms with Crippen LogP contribution in [0.4, 0.5) is 5.69 Å². The molecule has 2 aromatic rings. The number of anilines is 1. The minimum atomic E-state index is -0.185. The molecule has 0 bridgehead atoms. The predicted octanol–water partition coefficient (Wildman–Crippen LogP) is 3.46. The van der Waals surface area contributed by atoms with Gasteiger partial charge in [-0.3, -0.25) is 10.2 Å². The van der Waals surface area contributed by atoms with Gasteiger partial charge in [0.05, 0.1) is 24.9 Å². The number of esters is 1. The highest BCUT2D eigenvalue weighted by molar-refractivity contribution is 5.82. The number of ether oxygens (including phenoxy) is 2. The van der Waals surface area contributed by atoms with E-state index in [9.17, 15) is 4.79 Å². The number of methoxy groups -OCH3 is 1. The van der Waals surface area contributed by atoms with E-state index in [1.54, 1.807) is 25.5 Å². The van der Waals surface area contributed by atoms with Crippen molar-refractivity contribution >= 4 is 17.9 Å². The Morgan fingerprint density at radius 2 is 1.96 bits per heavy atom. The summed E-state index contributed by atoms with van der Waals surface area (Å²) in [4.78, 5) is 11.7. The summed E-state index contributed by atoms with van der Waals surface area (Å²) in [5.41, 5.74) is 4.70. The van der Waals surface area contributed by atoms with Crippen LogP contribution in [0.15, 0.2) is 53.6 Å². The number of rotatable bonds is 6. The molecule has 0 heterocycles. The minimum Gasteiger partial charge on any atom is -0.493 e. The van der Waals surface area contributed by atoms with E-state index in [1.807, 2.05) is 36.4 Å². The fourth-order valence-electron chi connectivity index (χ4n) is 2.05. The molecule has 1 aliphatic rings. The van der Waals surface area contributed by atoms with E-state index >= 15 is 0 Å². The Morgan fingerprint density at radius 3 is 2.65 bits per heavy atom. The van der Waals surface area contributed by atoms with Crippen LogP contribution in [0.25, 0.3) is 0 Å². The molecule has 5 heteroatoms. The van der Waals surface area contributed by atoms with E-state index in [0.717, 1.165) is 24.1 Å². The molecule has 0 saturated heterocycles. The van der Waals surface area contributed by atoms with Gasteiger partial charge in [0.15, 0.2) is 11.5 Å². The fourth-order valence-corrected chi connectivity index (χ4v) is 2.05. The summed E-state index contributed by atoms with van der Waals surface area (Å²) in [6.45, 7) is 0. The lowest BCUT2D eigenvalue weighted by Gasteiger charge is -2.09. The fraction of sp³-hybridized carbons (Fsp3) is 0.222. The maximum atomic E-state index is 11.7. The molecule has 0 spiro atoms. The number of hydrogen-bond donors (Lipinski definition) is 1. The molecule has 0 aliphatic heterocycles. The molecule has 23 heavy (non-hydrogen) atoms. The molecule has 1 fully saturated rings. The van der Waals surface area contributed by atoms with Crippen LogP contribution in [-0.4, -0.2) is 19.3 Å². The van der Waals surface area contributed by atoms with Crippen LogP contribution in [0, 0.1) is 5.92 Å². The first-order valence-corrected chi connectivity index (χ1v) is 7.50. The van der Waals surface area contributed by atoms with E-state index in [4.69, 9.17) is 9.47 Å². The Balaban J connectivity index is 1.67. The number of benzene rings is 2. The van der Waals surface area contributed by atoms with Crippen molar-refractivity contribution in [2.75, 3.05) is 12.5 Å². The molecule has 2 aromatic carbocycles. The van der Waals surface area contributed by atoms with E-state index < -0.39 is 0 Å². The minimum absolute atomic E-state index is 0.0519. The Hall–Kier alpha value is -2.82. The Kier molecular flexibility index (Phi) is 4.57. The van der Waals surface area contributed by atoms with Crippen LogP contribution in [0.1, 0.15) is 18.4 Å². The second kappa shape index (κ2) is 6.96. The summed E-state index contributed by atoms with van der Waals surface area (Å²) >= 11 is 0. The molecular formula is C18H18N2O3. The van der Waals surface area contributed by atoms with Crippen LogP contribution >= 0.6 is 0 Å². The zero-order valence-corrected chi connectivity index (χ0v) is 12.9. The van der Waals surface area contributed by atoms with Crippen molar-refractivity contribution < 1.29 is 14.3 Å². The first-order chi connectivity index (χ1) is 11.3. The van der Waals surface area contributed by atoms with Gasteiger partial charge in [-0.2, -0.15) is 5.10 Å². The van der Waals surface area contributed by atoms with Gasteiger partial charge in [0.2, 0.25) is 0 Å². The van der Waals surface area contributed by atoms with Crippen molar-refractivity contribution in [3.8, 4) is 11.5 Å². The SMILES string of the molecule is COc1cc(C=NNc2ccccc2)ccc1OC(=O)C1CC1. The van der Waals surface area contributed by atoms with E-state index in [-0.39, 0.29) is 11.9 Å². The number of nitrogens with zero attached hydrogens (tertiary/aromatic N) is 1.